The molecule has 200 valence electrons. The smallest absolute Gasteiger partial charge is 0.393 e. The average Bonchev–Trinajstić information content (AvgIpc) is 2.83. The first-order chi connectivity index (χ1) is 16.9. The fraction of sp³-hybridized carbons (Fsp3) is 0.440. The van der Waals surface area contributed by atoms with Gasteiger partial charge in [-0.3, -0.25) is 9.78 Å². The van der Waals surface area contributed by atoms with E-state index in [1.165, 1.54) is 25.4 Å². The molecule has 0 aliphatic carbocycles. The van der Waals surface area contributed by atoms with Crippen LogP contribution in [-0.4, -0.2) is 43.4 Å². The summed E-state index contributed by atoms with van der Waals surface area (Å²) < 4.78 is 78.3. The van der Waals surface area contributed by atoms with Crippen LogP contribution in [0.3, 0.4) is 0 Å². The van der Waals surface area contributed by atoms with Gasteiger partial charge in [-0.1, -0.05) is 32.0 Å². The normalized spacial score (nSPS) is 11.5. The molecule has 0 aliphatic heterocycles. The number of nitrogens with zero attached hydrogens (tertiary/aromatic N) is 1. The van der Waals surface area contributed by atoms with Crippen molar-refractivity contribution in [1.29, 1.82) is 0 Å². The molecular formula is C25H31F6N3O2. The standard InChI is InChI=1S/C13H16F3N3O.C10H9F3O.C2H6/c1-8-3-4-11(19-7-8)9(5-13(14,15)16)10(6-17)12(20)18-2;11-10(12,13)7-4-8-14-9-5-2-1-3-6-9;1-2/h3-4,7H,5-6,17H2,1-2H3,(H,18,20);2,5-6H,4,7-8H2;1-2H3/b10-9+;;. The van der Waals surface area contributed by atoms with Crippen molar-refractivity contribution in [1.82, 2.24) is 10.3 Å². The second-order valence-electron chi connectivity index (χ2n) is 6.99. The molecule has 1 aromatic carbocycles. The van der Waals surface area contributed by atoms with E-state index in [0.717, 1.165) is 5.56 Å². The van der Waals surface area contributed by atoms with E-state index >= 15 is 0 Å². The zero-order valence-corrected chi connectivity index (χ0v) is 20.6. The van der Waals surface area contributed by atoms with E-state index in [9.17, 15) is 31.1 Å². The van der Waals surface area contributed by atoms with Crippen molar-refractivity contribution >= 4 is 11.5 Å². The summed E-state index contributed by atoms with van der Waals surface area (Å²) >= 11 is 0. The topological polar surface area (TPSA) is 77.2 Å². The first-order valence-corrected chi connectivity index (χ1v) is 11.1. The number of halogens is 6. The van der Waals surface area contributed by atoms with Gasteiger partial charge >= 0.3 is 12.4 Å². The van der Waals surface area contributed by atoms with Gasteiger partial charge in [0.1, 0.15) is 5.75 Å². The molecule has 0 fully saturated rings. The number of amides is 1. The minimum absolute atomic E-state index is 0.0257. The molecule has 2 aromatic rings. The third kappa shape index (κ3) is 14.2. The van der Waals surface area contributed by atoms with Crippen LogP contribution in [0.5, 0.6) is 5.75 Å². The number of nitrogens with two attached hydrogens (primary N) is 1. The van der Waals surface area contributed by atoms with Gasteiger partial charge in [0, 0.05) is 37.8 Å². The first-order valence-electron chi connectivity index (χ1n) is 11.1. The van der Waals surface area contributed by atoms with Gasteiger partial charge in [-0.2, -0.15) is 26.3 Å². The van der Waals surface area contributed by atoms with Crippen LogP contribution in [0.1, 0.15) is 44.4 Å². The zero-order valence-electron chi connectivity index (χ0n) is 20.6. The Morgan fingerprint density at radius 1 is 1.08 bits per heavy atom. The van der Waals surface area contributed by atoms with Gasteiger partial charge in [-0.15, -0.1) is 0 Å². The van der Waals surface area contributed by atoms with Crippen molar-refractivity contribution in [3.8, 4) is 5.75 Å². The molecule has 0 bridgehead atoms. The lowest BCUT2D eigenvalue weighted by molar-refractivity contribution is -0.136. The van der Waals surface area contributed by atoms with Crippen LogP contribution < -0.4 is 15.8 Å². The van der Waals surface area contributed by atoms with Gasteiger partial charge in [0.15, 0.2) is 0 Å². The van der Waals surface area contributed by atoms with Crippen LogP contribution in [0, 0.1) is 19.1 Å². The summed E-state index contributed by atoms with van der Waals surface area (Å²) in [6, 6.07) is 13.2. The van der Waals surface area contributed by atoms with E-state index in [1.807, 2.05) is 13.8 Å². The van der Waals surface area contributed by atoms with Crippen molar-refractivity contribution in [2.45, 2.75) is 52.4 Å². The lowest BCUT2D eigenvalue weighted by atomic mass is 9.99. The molecule has 0 atom stereocenters. The number of nitrogens with one attached hydrogen (secondary N) is 1. The number of allylic oxidation sites excluding steroid dienone is 1. The molecule has 0 aliphatic rings. The van der Waals surface area contributed by atoms with Crippen molar-refractivity contribution in [2.75, 3.05) is 20.2 Å². The van der Waals surface area contributed by atoms with Gasteiger partial charge in [-0.25, -0.2) is 0 Å². The Balaban J connectivity index is 0.000000671. The van der Waals surface area contributed by atoms with Gasteiger partial charge in [-0.05, 0) is 42.7 Å². The van der Waals surface area contributed by atoms with E-state index < -0.39 is 31.1 Å². The number of likely N-dealkylation sites (N-methyl/N-ethyl adjacent to an activating group) is 1. The number of ether oxygens (including phenoxy) is 1. The minimum Gasteiger partial charge on any atom is -0.493 e. The number of hydrogen-bond acceptors (Lipinski definition) is 4. The van der Waals surface area contributed by atoms with Crippen LogP contribution in [0.2, 0.25) is 0 Å². The highest BCUT2D eigenvalue weighted by Crippen LogP contribution is 2.31. The summed E-state index contributed by atoms with van der Waals surface area (Å²) in [6.07, 6.45) is -9.18. The number of hydrogen-bond donors (Lipinski definition) is 2. The maximum Gasteiger partial charge on any atom is 0.393 e. The van der Waals surface area contributed by atoms with Crippen LogP contribution in [0.15, 0.2) is 42.1 Å². The summed E-state index contributed by atoms with van der Waals surface area (Å²) in [7, 11) is 1.34. The summed E-state index contributed by atoms with van der Waals surface area (Å²) in [5.41, 5.74) is 6.04. The predicted octanol–water partition coefficient (Wildman–Crippen LogP) is 5.84. The highest BCUT2D eigenvalue weighted by Gasteiger charge is 2.32. The molecule has 1 aromatic heterocycles. The number of alkyl halides is 6. The van der Waals surface area contributed by atoms with Crippen LogP contribution in [0.4, 0.5) is 26.3 Å². The van der Waals surface area contributed by atoms with Crippen molar-refractivity contribution in [2.24, 2.45) is 5.73 Å². The van der Waals surface area contributed by atoms with Crippen molar-refractivity contribution < 1.29 is 35.9 Å². The Kier molecular flexibility index (Phi) is 14.9. The van der Waals surface area contributed by atoms with E-state index in [-0.39, 0.29) is 36.4 Å². The maximum absolute atomic E-state index is 12.7. The Morgan fingerprint density at radius 2 is 1.75 bits per heavy atom. The molecule has 0 spiro atoms. The summed E-state index contributed by atoms with van der Waals surface area (Å²) in [5, 5.41) is 2.29. The number of aryl methyl sites for hydroxylation is 1. The quantitative estimate of drug-likeness (QED) is 0.261. The number of rotatable bonds is 8. The van der Waals surface area contributed by atoms with Crippen LogP contribution >= 0.6 is 0 Å². The summed E-state index contributed by atoms with van der Waals surface area (Å²) in [6.45, 7) is 5.55. The first kappa shape index (κ1) is 32.7. The summed E-state index contributed by atoms with van der Waals surface area (Å²) in [4.78, 5) is 15.6. The molecule has 0 radical (unpaired) electrons. The molecule has 0 unspecified atom stereocenters. The number of carbonyl (C=O) groups excluding carboxylic acids is 1. The highest BCUT2D eigenvalue weighted by atomic mass is 19.4. The third-order valence-corrected chi connectivity index (χ3v) is 4.17. The Labute approximate surface area is 207 Å². The molecular weight excluding hydrogens is 488 g/mol. The monoisotopic (exact) mass is 519 g/mol. The second-order valence-corrected chi connectivity index (χ2v) is 6.99. The predicted molar refractivity (Wildman–Crippen MR) is 126 cm³/mol. The Morgan fingerprint density at radius 3 is 2.19 bits per heavy atom. The molecule has 3 N–H and O–H groups in total. The Hall–Kier alpha value is -3.26. The van der Waals surface area contributed by atoms with Crippen LogP contribution in [-0.2, 0) is 4.79 Å². The molecule has 36 heavy (non-hydrogen) atoms. The number of aromatic nitrogens is 1. The van der Waals surface area contributed by atoms with Crippen LogP contribution in [0.25, 0.3) is 5.57 Å². The molecule has 2 rings (SSSR count). The number of pyridine rings is 1. The lowest BCUT2D eigenvalue weighted by Gasteiger charge is -2.15. The molecule has 0 saturated carbocycles. The lowest BCUT2D eigenvalue weighted by Crippen LogP contribution is -2.27. The second kappa shape index (κ2) is 16.4. The van der Waals surface area contributed by atoms with E-state index in [0.29, 0.717) is 5.75 Å². The van der Waals surface area contributed by atoms with E-state index in [2.05, 4.69) is 22.4 Å². The third-order valence-electron chi connectivity index (χ3n) is 4.17. The fourth-order valence-corrected chi connectivity index (χ4v) is 2.59. The SMILES string of the molecule is CC.CNC(=O)/C(CN)=C(\CC(F)(F)F)c1ccc(C)cn1.FC(F)(F)CCCOc1cc#ccc1. The molecule has 1 heterocycles. The Bertz CT molecular complexity index is 912. The van der Waals surface area contributed by atoms with Crippen molar-refractivity contribution in [3.63, 3.8) is 0 Å². The largest absolute Gasteiger partial charge is 0.493 e. The van der Waals surface area contributed by atoms with Gasteiger partial charge < -0.3 is 15.8 Å². The minimum atomic E-state index is -4.45. The van der Waals surface area contributed by atoms with Crippen molar-refractivity contribution in [3.05, 3.63) is 65.5 Å². The zero-order chi connectivity index (χ0) is 27.8. The molecule has 11 heteroatoms. The highest BCUT2D eigenvalue weighted by molar-refractivity contribution is 6.01. The molecule has 1 amide bonds. The van der Waals surface area contributed by atoms with E-state index in [4.69, 9.17) is 10.5 Å². The number of carbonyl (C=O) groups is 1. The molecule has 0 saturated heterocycles. The van der Waals surface area contributed by atoms with Gasteiger partial charge in [0.25, 0.3) is 0 Å². The summed E-state index contributed by atoms with van der Waals surface area (Å²) in [5.74, 6) is -0.111. The van der Waals surface area contributed by atoms with Gasteiger partial charge in [0.2, 0.25) is 5.91 Å². The van der Waals surface area contributed by atoms with E-state index in [1.54, 1.807) is 25.1 Å². The average molecular weight is 520 g/mol. The fourth-order valence-electron chi connectivity index (χ4n) is 2.59. The maximum atomic E-state index is 12.7. The van der Waals surface area contributed by atoms with Gasteiger partial charge in [0.05, 0.1) is 18.7 Å². The molecule has 5 nitrogen and oxygen atoms in total.